The summed E-state index contributed by atoms with van der Waals surface area (Å²) in [6, 6.07) is 8.89. The first-order valence-electron chi connectivity index (χ1n) is 11.8. The number of amides is 3. The van der Waals surface area contributed by atoms with Crippen LogP contribution in [0.2, 0.25) is 0 Å². The molecule has 8 heteroatoms. The van der Waals surface area contributed by atoms with E-state index in [9.17, 15) is 14.4 Å². The van der Waals surface area contributed by atoms with Crippen LogP contribution in [0.15, 0.2) is 30.3 Å². The van der Waals surface area contributed by atoms with E-state index in [0.717, 1.165) is 25.2 Å². The average Bonchev–Trinajstić information content (AvgIpc) is 3.11. The molecule has 3 aliphatic rings. The number of nitrogens with zero attached hydrogens (tertiary/aromatic N) is 3. The highest BCUT2D eigenvalue weighted by Gasteiger charge is 2.40. The molecule has 178 valence electrons. The Morgan fingerprint density at radius 2 is 1.79 bits per heavy atom. The second kappa shape index (κ2) is 8.83. The summed E-state index contributed by atoms with van der Waals surface area (Å²) in [6.45, 7) is 8.41. The van der Waals surface area contributed by atoms with Crippen LogP contribution in [-0.2, 0) is 22.7 Å². The molecule has 0 bridgehead atoms. The zero-order valence-corrected chi connectivity index (χ0v) is 19.6. The number of anilines is 1. The maximum Gasteiger partial charge on any atom is 0.255 e. The summed E-state index contributed by atoms with van der Waals surface area (Å²) in [6.07, 6.45) is 0.491. The van der Waals surface area contributed by atoms with Crippen molar-refractivity contribution in [3.8, 4) is 0 Å². The van der Waals surface area contributed by atoms with Crippen molar-refractivity contribution in [2.45, 2.75) is 45.8 Å². The van der Waals surface area contributed by atoms with Crippen LogP contribution in [0.3, 0.4) is 0 Å². The van der Waals surface area contributed by atoms with Gasteiger partial charge >= 0.3 is 0 Å². The monoisotopic (exact) mass is 464 g/mol. The molecule has 1 N–H and O–H groups in total. The van der Waals surface area contributed by atoms with Crippen molar-refractivity contribution in [1.82, 2.24) is 15.1 Å². The van der Waals surface area contributed by atoms with E-state index in [0.29, 0.717) is 30.8 Å². The smallest absolute Gasteiger partial charge is 0.255 e. The number of hydrogen-bond acceptors (Lipinski definition) is 5. The van der Waals surface area contributed by atoms with E-state index in [1.807, 2.05) is 4.90 Å². The van der Waals surface area contributed by atoms with Gasteiger partial charge < -0.3 is 9.80 Å². The molecule has 34 heavy (non-hydrogen) atoms. The molecule has 0 spiro atoms. The van der Waals surface area contributed by atoms with Crippen LogP contribution in [0.4, 0.5) is 10.1 Å². The van der Waals surface area contributed by atoms with Crippen LogP contribution >= 0.6 is 0 Å². The lowest BCUT2D eigenvalue weighted by Crippen LogP contribution is -2.52. The Morgan fingerprint density at radius 3 is 2.50 bits per heavy atom. The zero-order valence-electron chi connectivity index (χ0n) is 19.6. The number of hydrogen-bond donors (Lipinski definition) is 1. The molecule has 3 heterocycles. The molecule has 2 fully saturated rings. The number of carbonyl (C=O) groups is 3. The van der Waals surface area contributed by atoms with Gasteiger partial charge in [-0.25, -0.2) is 4.39 Å². The van der Waals surface area contributed by atoms with E-state index < -0.39 is 17.8 Å². The van der Waals surface area contributed by atoms with E-state index in [1.165, 1.54) is 27.7 Å². The van der Waals surface area contributed by atoms with Crippen molar-refractivity contribution >= 4 is 23.4 Å². The molecule has 0 radical (unpaired) electrons. The molecule has 1 unspecified atom stereocenters. The number of piperidine rings is 1. The van der Waals surface area contributed by atoms with Crippen LogP contribution in [0.25, 0.3) is 0 Å². The van der Waals surface area contributed by atoms with Crippen molar-refractivity contribution in [2.75, 3.05) is 31.1 Å². The Hall–Kier alpha value is -3.26. The van der Waals surface area contributed by atoms with Gasteiger partial charge in [0.2, 0.25) is 11.8 Å². The highest BCUT2D eigenvalue weighted by atomic mass is 19.1. The minimum absolute atomic E-state index is 0.197. The van der Waals surface area contributed by atoms with Crippen molar-refractivity contribution in [2.24, 2.45) is 0 Å². The topological polar surface area (TPSA) is 73.0 Å². The average molecular weight is 465 g/mol. The molecular weight excluding hydrogens is 435 g/mol. The van der Waals surface area contributed by atoms with Gasteiger partial charge in [-0.3, -0.25) is 24.6 Å². The van der Waals surface area contributed by atoms with Crippen LogP contribution in [0.1, 0.15) is 45.5 Å². The fourth-order valence-corrected chi connectivity index (χ4v) is 5.23. The highest BCUT2D eigenvalue weighted by molar-refractivity contribution is 6.05. The first kappa shape index (κ1) is 22.5. The number of piperazine rings is 1. The van der Waals surface area contributed by atoms with E-state index in [1.54, 1.807) is 6.07 Å². The third kappa shape index (κ3) is 4.18. The number of fused-ring (bicyclic) bond motifs is 1. The Kier molecular flexibility index (Phi) is 5.85. The second-order valence-corrected chi connectivity index (χ2v) is 9.55. The first-order valence-corrected chi connectivity index (χ1v) is 11.8. The summed E-state index contributed by atoms with van der Waals surface area (Å²) in [5.74, 6) is -1.55. The molecule has 0 aliphatic carbocycles. The Balaban J connectivity index is 1.27. The molecule has 2 saturated heterocycles. The van der Waals surface area contributed by atoms with Gasteiger partial charge in [0.1, 0.15) is 11.9 Å². The summed E-state index contributed by atoms with van der Waals surface area (Å²) in [7, 11) is 0. The standard InChI is InChI=1S/C26H29FN4O3/c1-16-3-4-18(17(2)11-16)14-29-7-9-30(10-8-29)23-12-19-15-31(26(34)20(19)13-21(23)27)22-5-6-24(32)28-25(22)33/h3-4,11-13,22H,5-10,14-15H2,1-2H3,(H,28,32,33). The SMILES string of the molecule is Cc1ccc(CN2CCN(c3cc4c(cc3F)C(=O)N(C3CCC(=O)NC3=O)C4)CC2)c(C)c1. The van der Waals surface area contributed by atoms with Crippen molar-refractivity contribution < 1.29 is 18.8 Å². The molecule has 0 aromatic heterocycles. The van der Waals surface area contributed by atoms with Crippen LogP contribution < -0.4 is 10.2 Å². The lowest BCUT2D eigenvalue weighted by atomic mass is 10.0. The second-order valence-electron chi connectivity index (χ2n) is 9.55. The van der Waals surface area contributed by atoms with Gasteiger partial charge in [0.25, 0.3) is 5.91 Å². The molecule has 3 amide bonds. The van der Waals surface area contributed by atoms with Crippen LogP contribution in [0, 0.1) is 19.7 Å². The minimum atomic E-state index is -0.696. The first-order chi connectivity index (χ1) is 16.3. The lowest BCUT2D eigenvalue weighted by Gasteiger charge is -2.36. The number of benzene rings is 2. The third-order valence-corrected chi connectivity index (χ3v) is 7.20. The van der Waals surface area contributed by atoms with Gasteiger partial charge in [-0.05, 0) is 49.1 Å². The summed E-state index contributed by atoms with van der Waals surface area (Å²) in [4.78, 5) is 42.5. The van der Waals surface area contributed by atoms with Gasteiger partial charge in [0.05, 0.1) is 5.69 Å². The van der Waals surface area contributed by atoms with Gasteiger partial charge in [0, 0.05) is 51.3 Å². The summed E-state index contributed by atoms with van der Waals surface area (Å²) in [5.41, 5.74) is 5.39. The highest BCUT2D eigenvalue weighted by Crippen LogP contribution is 2.33. The van der Waals surface area contributed by atoms with E-state index in [2.05, 4.69) is 42.3 Å². The number of carbonyl (C=O) groups excluding carboxylic acids is 3. The molecule has 0 saturated carbocycles. The summed E-state index contributed by atoms with van der Waals surface area (Å²) >= 11 is 0. The lowest BCUT2D eigenvalue weighted by molar-refractivity contribution is -0.136. The normalized spacial score (nSPS) is 21.1. The Bertz CT molecular complexity index is 1170. The minimum Gasteiger partial charge on any atom is -0.367 e. The molecule has 3 aliphatic heterocycles. The fourth-order valence-electron chi connectivity index (χ4n) is 5.23. The number of rotatable bonds is 4. The maximum absolute atomic E-state index is 15.1. The quantitative estimate of drug-likeness (QED) is 0.704. The molecule has 5 rings (SSSR count). The van der Waals surface area contributed by atoms with Crippen LogP contribution in [-0.4, -0.2) is 59.7 Å². The number of nitrogens with one attached hydrogen (secondary N) is 1. The van der Waals surface area contributed by atoms with E-state index >= 15 is 4.39 Å². The molecule has 2 aromatic rings. The van der Waals surface area contributed by atoms with Gasteiger partial charge in [-0.1, -0.05) is 23.8 Å². The summed E-state index contributed by atoms with van der Waals surface area (Å²) < 4.78 is 15.1. The van der Waals surface area contributed by atoms with Crippen molar-refractivity contribution in [3.05, 3.63) is 64.0 Å². The van der Waals surface area contributed by atoms with E-state index in [-0.39, 0.29) is 24.8 Å². The molecular formula is C26H29FN4O3. The van der Waals surface area contributed by atoms with E-state index in [4.69, 9.17) is 0 Å². The molecule has 1 atom stereocenters. The predicted octanol–water partition coefficient (Wildman–Crippen LogP) is 2.53. The van der Waals surface area contributed by atoms with Gasteiger partial charge in [-0.15, -0.1) is 0 Å². The Morgan fingerprint density at radius 1 is 1.03 bits per heavy atom. The Labute approximate surface area is 198 Å². The molecule has 2 aromatic carbocycles. The maximum atomic E-state index is 15.1. The number of halogens is 1. The third-order valence-electron chi connectivity index (χ3n) is 7.20. The van der Waals surface area contributed by atoms with Crippen molar-refractivity contribution in [1.29, 1.82) is 0 Å². The summed E-state index contributed by atoms with van der Waals surface area (Å²) in [5, 5.41) is 2.30. The fraction of sp³-hybridized carbons (Fsp3) is 0.423. The predicted molar refractivity (Wildman–Crippen MR) is 126 cm³/mol. The number of aryl methyl sites for hydroxylation is 2. The number of imide groups is 1. The zero-order chi connectivity index (χ0) is 24.0. The van der Waals surface area contributed by atoms with Gasteiger partial charge in [0.15, 0.2) is 0 Å². The molecule has 7 nitrogen and oxygen atoms in total. The largest absolute Gasteiger partial charge is 0.367 e. The van der Waals surface area contributed by atoms with Crippen LogP contribution in [0.5, 0.6) is 0 Å². The van der Waals surface area contributed by atoms with Crippen molar-refractivity contribution in [3.63, 3.8) is 0 Å². The van der Waals surface area contributed by atoms with Gasteiger partial charge in [-0.2, -0.15) is 0 Å².